The molecule has 0 saturated heterocycles. The van der Waals surface area contributed by atoms with Crippen LogP contribution < -0.4 is 5.32 Å². The number of benzene rings is 1. The summed E-state index contributed by atoms with van der Waals surface area (Å²) in [4.78, 5) is 12.0. The fourth-order valence-corrected chi connectivity index (χ4v) is 2.61. The molecule has 1 heterocycles. The van der Waals surface area contributed by atoms with Gasteiger partial charge < -0.3 is 9.73 Å². The lowest BCUT2D eigenvalue weighted by Crippen LogP contribution is -2.12. The molecule has 110 valence electrons. The van der Waals surface area contributed by atoms with Crippen LogP contribution in [0.5, 0.6) is 0 Å². The topological polar surface area (TPSA) is 42.2 Å². The molecule has 1 saturated carbocycles. The van der Waals surface area contributed by atoms with Crippen LogP contribution in [0.1, 0.15) is 42.8 Å². The summed E-state index contributed by atoms with van der Waals surface area (Å²) in [7, 11) is 0. The summed E-state index contributed by atoms with van der Waals surface area (Å²) in [5, 5.41) is 2.95. The predicted octanol–water partition coefficient (Wildman–Crippen LogP) is 4.28. The first-order chi connectivity index (χ1) is 10.1. The lowest BCUT2D eigenvalue weighted by molar-refractivity contribution is -0.116. The first kappa shape index (κ1) is 13.9. The summed E-state index contributed by atoms with van der Waals surface area (Å²) in [6, 6.07) is 11.9. The Morgan fingerprint density at radius 3 is 2.76 bits per heavy atom. The molecule has 0 spiro atoms. The highest BCUT2D eigenvalue weighted by atomic mass is 16.3. The van der Waals surface area contributed by atoms with Gasteiger partial charge in [-0.15, -0.1) is 0 Å². The molecular weight excluding hydrogens is 262 g/mol. The minimum absolute atomic E-state index is 0.0297. The standard InChI is InChI=1S/C18H21NO2/c1-12-5-3-4-6-16(12)19-18(20)10-8-14-7-9-17(21-14)15-11-13(15)2/h3-7,9,13,15H,8,10-11H2,1-2H3,(H,19,20). The lowest BCUT2D eigenvalue weighted by Gasteiger charge is -2.07. The van der Waals surface area contributed by atoms with Crippen molar-refractivity contribution in [1.82, 2.24) is 0 Å². The summed E-state index contributed by atoms with van der Waals surface area (Å²) >= 11 is 0. The Morgan fingerprint density at radius 1 is 1.29 bits per heavy atom. The molecule has 1 aromatic heterocycles. The van der Waals surface area contributed by atoms with Crippen LogP contribution in [-0.2, 0) is 11.2 Å². The Morgan fingerprint density at radius 2 is 2.05 bits per heavy atom. The summed E-state index contributed by atoms with van der Waals surface area (Å²) in [5.41, 5.74) is 1.96. The van der Waals surface area contributed by atoms with E-state index in [-0.39, 0.29) is 5.91 Å². The van der Waals surface area contributed by atoms with Gasteiger partial charge in [0.25, 0.3) is 0 Å². The molecule has 1 aliphatic rings. The van der Waals surface area contributed by atoms with E-state index in [4.69, 9.17) is 4.42 Å². The van der Waals surface area contributed by atoms with Gasteiger partial charge in [-0.2, -0.15) is 0 Å². The highest BCUT2D eigenvalue weighted by molar-refractivity contribution is 5.91. The summed E-state index contributed by atoms with van der Waals surface area (Å²) in [6.07, 6.45) is 2.32. The van der Waals surface area contributed by atoms with E-state index < -0.39 is 0 Å². The number of rotatable bonds is 5. The van der Waals surface area contributed by atoms with Crippen LogP contribution in [0.15, 0.2) is 40.8 Å². The van der Waals surface area contributed by atoms with E-state index in [2.05, 4.69) is 18.3 Å². The second-order valence-corrected chi connectivity index (χ2v) is 5.99. The van der Waals surface area contributed by atoms with Gasteiger partial charge in [-0.05, 0) is 43.0 Å². The fraction of sp³-hybridized carbons (Fsp3) is 0.389. The molecule has 3 rings (SSSR count). The van der Waals surface area contributed by atoms with Crippen molar-refractivity contribution in [2.24, 2.45) is 5.92 Å². The van der Waals surface area contributed by atoms with Gasteiger partial charge in [-0.25, -0.2) is 0 Å². The third kappa shape index (κ3) is 3.35. The van der Waals surface area contributed by atoms with E-state index in [0.29, 0.717) is 18.8 Å². The minimum atomic E-state index is 0.0297. The van der Waals surface area contributed by atoms with Crippen molar-refractivity contribution < 1.29 is 9.21 Å². The van der Waals surface area contributed by atoms with E-state index in [1.165, 1.54) is 6.42 Å². The first-order valence-corrected chi connectivity index (χ1v) is 7.57. The van der Waals surface area contributed by atoms with Gasteiger partial charge in [-0.1, -0.05) is 25.1 Å². The highest BCUT2D eigenvalue weighted by Crippen LogP contribution is 2.47. The Bertz CT molecular complexity index is 644. The average molecular weight is 283 g/mol. The number of furan rings is 1. The zero-order valence-electron chi connectivity index (χ0n) is 12.6. The van der Waals surface area contributed by atoms with Gasteiger partial charge in [0, 0.05) is 24.4 Å². The molecule has 1 aromatic carbocycles. The van der Waals surface area contributed by atoms with Crippen LogP contribution in [0.3, 0.4) is 0 Å². The Kier molecular flexibility index (Phi) is 3.82. The third-order valence-electron chi connectivity index (χ3n) is 4.17. The molecule has 21 heavy (non-hydrogen) atoms. The Balaban J connectivity index is 1.52. The summed E-state index contributed by atoms with van der Waals surface area (Å²) in [5.74, 6) is 3.36. The van der Waals surface area contributed by atoms with E-state index in [1.54, 1.807) is 0 Å². The molecule has 3 nitrogen and oxygen atoms in total. The summed E-state index contributed by atoms with van der Waals surface area (Å²) < 4.78 is 5.82. The number of aryl methyl sites for hydroxylation is 2. The Hall–Kier alpha value is -2.03. The molecular formula is C18H21NO2. The van der Waals surface area contributed by atoms with Gasteiger partial charge in [0.05, 0.1) is 0 Å². The second-order valence-electron chi connectivity index (χ2n) is 5.99. The molecule has 2 unspecified atom stereocenters. The monoisotopic (exact) mass is 283 g/mol. The number of nitrogens with one attached hydrogen (secondary N) is 1. The molecule has 0 aliphatic heterocycles. The van der Waals surface area contributed by atoms with Crippen LogP contribution in [0.4, 0.5) is 5.69 Å². The normalized spacial score (nSPS) is 20.3. The van der Waals surface area contributed by atoms with Crippen molar-refractivity contribution in [2.45, 2.75) is 39.0 Å². The van der Waals surface area contributed by atoms with Crippen molar-refractivity contribution in [3.05, 3.63) is 53.5 Å². The summed E-state index contributed by atoms with van der Waals surface area (Å²) in [6.45, 7) is 4.23. The molecule has 0 radical (unpaired) electrons. The quantitative estimate of drug-likeness (QED) is 0.889. The number of para-hydroxylation sites is 1. The largest absolute Gasteiger partial charge is 0.466 e. The van der Waals surface area contributed by atoms with Crippen molar-refractivity contribution in [2.75, 3.05) is 5.32 Å². The predicted molar refractivity (Wildman–Crippen MR) is 83.4 cm³/mol. The van der Waals surface area contributed by atoms with Crippen LogP contribution in [0.25, 0.3) is 0 Å². The third-order valence-corrected chi connectivity index (χ3v) is 4.17. The van der Waals surface area contributed by atoms with Crippen molar-refractivity contribution >= 4 is 11.6 Å². The maximum absolute atomic E-state index is 12.0. The SMILES string of the molecule is Cc1ccccc1NC(=O)CCc1ccc(C2CC2C)o1. The fourth-order valence-electron chi connectivity index (χ4n) is 2.61. The molecule has 0 bridgehead atoms. The maximum atomic E-state index is 12.0. The number of hydrogen-bond donors (Lipinski definition) is 1. The molecule has 1 amide bonds. The molecule has 1 fully saturated rings. The maximum Gasteiger partial charge on any atom is 0.224 e. The van der Waals surface area contributed by atoms with Gasteiger partial charge in [0.1, 0.15) is 11.5 Å². The minimum Gasteiger partial charge on any atom is -0.466 e. The lowest BCUT2D eigenvalue weighted by atomic mass is 10.2. The van der Waals surface area contributed by atoms with Crippen molar-refractivity contribution in [3.63, 3.8) is 0 Å². The van der Waals surface area contributed by atoms with Gasteiger partial charge in [0.15, 0.2) is 0 Å². The van der Waals surface area contributed by atoms with E-state index in [9.17, 15) is 4.79 Å². The number of carbonyl (C=O) groups excluding carboxylic acids is 1. The van der Waals surface area contributed by atoms with E-state index >= 15 is 0 Å². The van der Waals surface area contributed by atoms with E-state index in [1.807, 2.05) is 37.3 Å². The molecule has 2 atom stereocenters. The highest BCUT2D eigenvalue weighted by Gasteiger charge is 2.36. The molecule has 1 N–H and O–H groups in total. The van der Waals surface area contributed by atoms with Crippen LogP contribution >= 0.6 is 0 Å². The van der Waals surface area contributed by atoms with Crippen LogP contribution in [0.2, 0.25) is 0 Å². The number of carbonyl (C=O) groups is 1. The first-order valence-electron chi connectivity index (χ1n) is 7.57. The zero-order valence-corrected chi connectivity index (χ0v) is 12.6. The van der Waals surface area contributed by atoms with E-state index in [0.717, 1.165) is 28.7 Å². The molecule has 2 aromatic rings. The number of amides is 1. The zero-order chi connectivity index (χ0) is 14.8. The van der Waals surface area contributed by atoms with Gasteiger partial charge >= 0.3 is 0 Å². The Labute approximate surface area is 125 Å². The van der Waals surface area contributed by atoms with Gasteiger partial charge in [0.2, 0.25) is 5.91 Å². The van der Waals surface area contributed by atoms with Crippen molar-refractivity contribution in [3.8, 4) is 0 Å². The average Bonchev–Trinajstić information content (AvgIpc) is 3.01. The second kappa shape index (κ2) is 5.76. The van der Waals surface area contributed by atoms with Gasteiger partial charge in [-0.3, -0.25) is 4.79 Å². The van der Waals surface area contributed by atoms with Crippen molar-refractivity contribution in [1.29, 1.82) is 0 Å². The van der Waals surface area contributed by atoms with Crippen LogP contribution in [0, 0.1) is 12.8 Å². The molecule has 3 heteroatoms. The number of anilines is 1. The molecule has 1 aliphatic carbocycles. The smallest absolute Gasteiger partial charge is 0.224 e. The number of hydrogen-bond acceptors (Lipinski definition) is 2. The van der Waals surface area contributed by atoms with Crippen LogP contribution in [-0.4, -0.2) is 5.91 Å².